The lowest BCUT2D eigenvalue weighted by atomic mass is 10.1. The van der Waals surface area contributed by atoms with E-state index in [-0.39, 0.29) is 6.04 Å². The molecule has 1 N–H and O–H groups in total. The minimum atomic E-state index is 0.270. The van der Waals surface area contributed by atoms with E-state index in [0.717, 1.165) is 14.6 Å². The van der Waals surface area contributed by atoms with E-state index in [9.17, 15) is 0 Å². The van der Waals surface area contributed by atoms with E-state index in [0.29, 0.717) is 0 Å². The molecule has 0 bridgehead atoms. The Morgan fingerprint density at radius 1 is 0.941 bits per heavy atom. The first kappa shape index (κ1) is 12.7. The predicted octanol–water partition coefficient (Wildman–Crippen LogP) is 5.38. The van der Waals surface area contributed by atoms with Gasteiger partial charge in [-0.1, -0.05) is 50.1 Å². The fourth-order valence-corrected chi connectivity index (χ4v) is 2.59. The summed E-state index contributed by atoms with van der Waals surface area (Å²) in [4.78, 5) is 0. The molecule has 0 heterocycles. The van der Waals surface area contributed by atoms with E-state index in [2.05, 4.69) is 74.4 Å². The van der Waals surface area contributed by atoms with Crippen LogP contribution in [0.15, 0.2) is 57.5 Å². The van der Waals surface area contributed by atoms with Crippen LogP contribution in [0.2, 0.25) is 0 Å². The molecule has 17 heavy (non-hydrogen) atoms. The van der Waals surface area contributed by atoms with Crippen LogP contribution < -0.4 is 5.32 Å². The molecular weight excluding hydrogens is 342 g/mol. The molecular formula is C14H13Br2N. The van der Waals surface area contributed by atoms with Crippen molar-refractivity contribution in [3.63, 3.8) is 0 Å². The molecule has 0 radical (unpaired) electrons. The van der Waals surface area contributed by atoms with Crippen LogP contribution in [-0.2, 0) is 0 Å². The zero-order valence-electron chi connectivity index (χ0n) is 9.45. The van der Waals surface area contributed by atoms with Crippen LogP contribution in [0, 0.1) is 0 Å². The Kier molecular flexibility index (Phi) is 4.24. The van der Waals surface area contributed by atoms with Gasteiger partial charge in [0.15, 0.2) is 0 Å². The van der Waals surface area contributed by atoms with Gasteiger partial charge in [-0.15, -0.1) is 0 Å². The van der Waals surface area contributed by atoms with Crippen molar-refractivity contribution in [3.05, 3.63) is 63.0 Å². The summed E-state index contributed by atoms with van der Waals surface area (Å²) in [6.07, 6.45) is 0. The second kappa shape index (κ2) is 5.69. The number of hydrogen-bond acceptors (Lipinski definition) is 1. The van der Waals surface area contributed by atoms with Gasteiger partial charge in [0.05, 0.1) is 0 Å². The second-order valence-electron chi connectivity index (χ2n) is 3.89. The van der Waals surface area contributed by atoms with Crippen molar-refractivity contribution in [1.29, 1.82) is 0 Å². The van der Waals surface area contributed by atoms with E-state index in [1.807, 2.05) is 18.2 Å². The third-order valence-corrected chi connectivity index (χ3v) is 3.85. The van der Waals surface area contributed by atoms with Crippen LogP contribution in [0.25, 0.3) is 0 Å². The highest BCUT2D eigenvalue weighted by Gasteiger charge is 2.08. The lowest BCUT2D eigenvalue weighted by Gasteiger charge is -2.17. The molecule has 3 heteroatoms. The quantitative estimate of drug-likeness (QED) is 0.779. The lowest BCUT2D eigenvalue weighted by Crippen LogP contribution is -2.06. The Morgan fingerprint density at radius 3 is 2.24 bits per heavy atom. The van der Waals surface area contributed by atoms with Crippen molar-refractivity contribution in [3.8, 4) is 0 Å². The van der Waals surface area contributed by atoms with Gasteiger partial charge in [-0.05, 0) is 42.8 Å². The smallest absolute Gasteiger partial charge is 0.0496 e. The number of rotatable bonds is 3. The zero-order chi connectivity index (χ0) is 12.3. The second-order valence-corrected chi connectivity index (χ2v) is 5.66. The largest absolute Gasteiger partial charge is 0.378 e. The molecule has 0 spiro atoms. The van der Waals surface area contributed by atoms with Gasteiger partial charge in [-0.3, -0.25) is 0 Å². The van der Waals surface area contributed by atoms with Gasteiger partial charge in [-0.25, -0.2) is 0 Å². The number of halogens is 2. The standard InChI is InChI=1S/C14H13Br2N/c1-10(13-4-2-3-5-14(13)16)17-12-8-6-11(15)7-9-12/h2-10,17H,1H3. The third kappa shape index (κ3) is 3.33. The number of hydrogen-bond donors (Lipinski definition) is 1. The molecule has 2 rings (SSSR count). The summed E-state index contributed by atoms with van der Waals surface area (Å²) in [7, 11) is 0. The van der Waals surface area contributed by atoms with E-state index in [1.54, 1.807) is 0 Å². The Balaban J connectivity index is 2.14. The number of benzene rings is 2. The van der Waals surface area contributed by atoms with Gasteiger partial charge in [0.25, 0.3) is 0 Å². The molecule has 0 aliphatic carbocycles. The first-order chi connectivity index (χ1) is 8.16. The molecule has 0 saturated heterocycles. The van der Waals surface area contributed by atoms with Crippen molar-refractivity contribution >= 4 is 37.5 Å². The summed E-state index contributed by atoms with van der Waals surface area (Å²) in [5.41, 5.74) is 2.38. The topological polar surface area (TPSA) is 12.0 Å². The van der Waals surface area contributed by atoms with Crippen LogP contribution in [0.5, 0.6) is 0 Å². The first-order valence-corrected chi connectivity index (χ1v) is 7.02. The van der Waals surface area contributed by atoms with E-state index < -0.39 is 0 Å². The summed E-state index contributed by atoms with van der Waals surface area (Å²) in [6, 6.07) is 16.8. The molecule has 0 aromatic heterocycles. The first-order valence-electron chi connectivity index (χ1n) is 5.43. The monoisotopic (exact) mass is 353 g/mol. The van der Waals surface area contributed by atoms with E-state index in [4.69, 9.17) is 0 Å². The molecule has 0 amide bonds. The summed E-state index contributed by atoms with van der Waals surface area (Å²) in [5.74, 6) is 0. The van der Waals surface area contributed by atoms with E-state index in [1.165, 1.54) is 5.56 Å². The highest BCUT2D eigenvalue weighted by Crippen LogP contribution is 2.26. The van der Waals surface area contributed by atoms with Crippen molar-refractivity contribution in [2.24, 2.45) is 0 Å². The van der Waals surface area contributed by atoms with Gasteiger partial charge >= 0.3 is 0 Å². The highest BCUT2D eigenvalue weighted by molar-refractivity contribution is 9.10. The van der Waals surface area contributed by atoms with Gasteiger partial charge < -0.3 is 5.32 Å². The zero-order valence-corrected chi connectivity index (χ0v) is 12.6. The van der Waals surface area contributed by atoms with Gasteiger partial charge in [-0.2, -0.15) is 0 Å². The molecule has 0 fully saturated rings. The van der Waals surface area contributed by atoms with Crippen LogP contribution >= 0.6 is 31.9 Å². The summed E-state index contributed by atoms with van der Waals surface area (Å²) < 4.78 is 2.23. The normalized spacial score (nSPS) is 12.2. The van der Waals surface area contributed by atoms with Gasteiger partial charge in [0.2, 0.25) is 0 Å². The fourth-order valence-electron chi connectivity index (χ4n) is 1.70. The summed E-state index contributed by atoms with van der Waals surface area (Å²) in [5, 5.41) is 3.48. The lowest BCUT2D eigenvalue weighted by molar-refractivity contribution is 0.879. The van der Waals surface area contributed by atoms with Gasteiger partial charge in [0.1, 0.15) is 0 Å². The van der Waals surface area contributed by atoms with Crippen molar-refractivity contribution in [1.82, 2.24) is 0 Å². The summed E-state index contributed by atoms with van der Waals surface area (Å²) >= 11 is 7.01. The van der Waals surface area contributed by atoms with Crippen LogP contribution in [0.1, 0.15) is 18.5 Å². The average molecular weight is 355 g/mol. The minimum absolute atomic E-state index is 0.270. The minimum Gasteiger partial charge on any atom is -0.378 e. The maximum Gasteiger partial charge on any atom is 0.0496 e. The number of anilines is 1. The molecule has 0 saturated carbocycles. The van der Waals surface area contributed by atoms with Crippen molar-refractivity contribution in [2.45, 2.75) is 13.0 Å². The van der Waals surface area contributed by atoms with Crippen molar-refractivity contribution in [2.75, 3.05) is 5.32 Å². The third-order valence-electron chi connectivity index (χ3n) is 2.60. The van der Waals surface area contributed by atoms with Crippen LogP contribution in [-0.4, -0.2) is 0 Å². The predicted molar refractivity (Wildman–Crippen MR) is 80.3 cm³/mol. The highest BCUT2D eigenvalue weighted by atomic mass is 79.9. The van der Waals surface area contributed by atoms with E-state index >= 15 is 0 Å². The van der Waals surface area contributed by atoms with Crippen LogP contribution in [0.3, 0.4) is 0 Å². The molecule has 0 aliphatic rings. The molecule has 2 aromatic carbocycles. The van der Waals surface area contributed by atoms with Gasteiger partial charge in [0, 0.05) is 20.7 Å². The van der Waals surface area contributed by atoms with Crippen molar-refractivity contribution < 1.29 is 0 Å². The molecule has 1 unspecified atom stereocenters. The SMILES string of the molecule is CC(Nc1ccc(Br)cc1)c1ccccc1Br. The molecule has 88 valence electrons. The Hall–Kier alpha value is -0.800. The van der Waals surface area contributed by atoms with Crippen LogP contribution in [0.4, 0.5) is 5.69 Å². The molecule has 1 atom stereocenters. The maximum absolute atomic E-state index is 3.57. The fraction of sp³-hybridized carbons (Fsp3) is 0.143. The maximum atomic E-state index is 3.57. The Labute approximate surface area is 119 Å². The number of nitrogens with one attached hydrogen (secondary N) is 1. The Morgan fingerprint density at radius 2 is 1.59 bits per heavy atom. The average Bonchev–Trinajstić information content (AvgIpc) is 2.32. The summed E-state index contributed by atoms with van der Waals surface area (Å²) in [6.45, 7) is 2.15. The molecule has 2 aromatic rings. The Bertz CT molecular complexity index is 494. The molecule has 0 aliphatic heterocycles. The molecule has 1 nitrogen and oxygen atoms in total.